The molecule has 2 atom stereocenters. The van der Waals surface area contributed by atoms with Crippen molar-refractivity contribution >= 4 is 43.1 Å². The highest BCUT2D eigenvalue weighted by Crippen LogP contribution is 2.43. The van der Waals surface area contributed by atoms with Crippen LogP contribution in [0.25, 0.3) is 0 Å². The fourth-order valence-electron chi connectivity index (χ4n) is 1.29. The molecule has 0 bridgehead atoms. The maximum Gasteiger partial charge on any atom is 0.229 e. The van der Waals surface area contributed by atoms with Gasteiger partial charge >= 0.3 is 0 Å². The second-order valence-corrected chi connectivity index (χ2v) is 9.04. The average molecular weight is 343 g/mol. The molecule has 0 unspecified atom stereocenters. The van der Waals surface area contributed by atoms with Gasteiger partial charge in [-0.3, -0.25) is 0 Å². The van der Waals surface area contributed by atoms with Crippen LogP contribution in [0.15, 0.2) is 24.3 Å². The van der Waals surface area contributed by atoms with Gasteiger partial charge < -0.3 is 10.8 Å². The standard InChI is InChI=1S/C10H13BrClNO3S/c1-2-17(15,16)10(11,12)9(14)7-4-3-5-8(13)6-7/h3-6,9,14H,2,13H2,1H3/t9-,10-/m1/s1. The molecule has 96 valence electrons. The summed E-state index contributed by atoms with van der Waals surface area (Å²) in [6.45, 7) is 1.46. The minimum absolute atomic E-state index is 0.179. The molecule has 1 aromatic rings. The Hall–Kier alpha value is -0.300. The van der Waals surface area contributed by atoms with Crippen LogP contribution in [0, 0.1) is 0 Å². The molecule has 1 rings (SSSR count). The highest BCUT2D eigenvalue weighted by atomic mass is 79.9. The summed E-state index contributed by atoms with van der Waals surface area (Å²) in [5.41, 5.74) is 6.33. The van der Waals surface area contributed by atoms with Gasteiger partial charge in [0, 0.05) is 5.69 Å². The normalized spacial score (nSPS) is 17.4. The van der Waals surface area contributed by atoms with Crippen molar-refractivity contribution in [3.63, 3.8) is 0 Å². The number of anilines is 1. The van der Waals surface area contributed by atoms with E-state index in [-0.39, 0.29) is 5.75 Å². The van der Waals surface area contributed by atoms with E-state index < -0.39 is 19.1 Å². The number of aliphatic hydroxyl groups excluding tert-OH is 1. The Morgan fingerprint density at radius 1 is 1.59 bits per heavy atom. The second-order valence-electron chi connectivity index (χ2n) is 3.54. The molecule has 17 heavy (non-hydrogen) atoms. The lowest BCUT2D eigenvalue weighted by Crippen LogP contribution is -2.34. The maximum atomic E-state index is 11.8. The summed E-state index contributed by atoms with van der Waals surface area (Å²) in [5, 5.41) is 10.0. The first-order chi connectivity index (χ1) is 7.72. The summed E-state index contributed by atoms with van der Waals surface area (Å²) in [6.07, 6.45) is -1.40. The van der Waals surface area contributed by atoms with E-state index in [0.717, 1.165) is 0 Å². The van der Waals surface area contributed by atoms with E-state index in [0.29, 0.717) is 11.3 Å². The highest BCUT2D eigenvalue weighted by molar-refractivity contribution is 9.12. The monoisotopic (exact) mass is 341 g/mol. The van der Waals surface area contributed by atoms with Crippen molar-refractivity contribution in [1.82, 2.24) is 0 Å². The molecule has 0 spiro atoms. The SMILES string of the molecule is CCS(=O)(=O)[C@@](Cl)(Br)[C@H](O)c1cccc(N)c1. The minimum atomic E-state index is -3.67. The number of halogens is 2. The molecule has 4 nitrogen and oxygen atoms in total. The second kappa shape index (κ2) is 5.14. The third-order valence-corrected chi connectivity index (χ3v) is 6.98. The predicted molar refractivity (Wildman–Crippen MR) is 72.8 cm³/mol. The van der Waals surface area contributed by atoms with E-state index in [1.54, 1.807) is 18.2 Å². The van der Waals surface area contributed by atoms with Crippen molar-refractivity contribution in [2.75, 3.05) is 11.5 Å². The number of rotatable bonds is 4. The van der Waals surface area contributed by atoms with Gasteiger partial charge in [0.05, 0.1) is 5.75 Å². The number of hydrogen-bond donors (Lipinski definition) is 2. The van der Waals surface area contributed by atoms with Gasteiger partial charge in [0.1, 0.15) is 6.10 Å². The first-order valence-electron chi connectivity index (χ1n) is 4.86. The fourth-order valence-corrected chi connectivity index (χ4v) is 3.55. The van der Waals surface area contributed by atoms with Gasteiger partial charge in [0.25, 0.3) is 0 Å². The molecule has 0 heterocycles. The zero-order valence-corrected chi connectivity index (χ0v) is 12.3. The highest BCUT2D eigenvalue weighted by Gasteiger charge is 2.45. The van der Waals surface area contributed by atoms with Crippen LogP contribution < -0.4 is 5.73 Å². The molecule has 0 saturated heterocycles. The summed E-state index contributed by atoms with van der Waals surface area (Å²) < 4.78 is 21.6. The molecule has 0 amide bonds. The number of nitrogens with two attached hydrogens (primary N) is 1. The van der Waals surface area contributed by atoms with Crippen LogP contribution in [0.5, 0.6) is 0 Å². The van der Waals surface area contributed by atoms with Crippen LogP contribution in [-0.2, 0) is 9.84 Å². The van der Waals surface area contributed by atoms with Crippen molar-refractivity contribution in [2.45, 2.75) is 16.1 Å². The molecule has 0 radical (unpaired) electrons. The van der Waals surface area contributed by atoms with Crippen LogP contribution in [0.3, 0.4) is 0 Å². The van der Waals surface area contributed by atoms with Crippen molar-refractivity contribution in [3.8, 4) is 0 Å². The quantitative estimate of drug-likeness (QED) is 0.648. The molecule has 0 fully saturated rings. The molecular weight excluding hydrogens is 330 g/mol. The molecule has 0 aliphatic carbocycles. The summed E-state index contributed by atoms with van der Waals surface area (Å²) in [4.78, 5) is 0. The van der Waals surface area contributed by atoms with Gasteiger partial charge in [-0.25, -0.2) is 8.42 Å². The van der Waals surface area contributed by atoms with Gasteiger partial charge in [0.2, 0.25) is 3.12 Å². The average Bonchev–Trinajstić information content (AvgIpc) is 2.27. The van der Waals surface area contributed by atoms with E-state index in [1.807, 2.05) is 0 Å². The number of benzene rings is 1. The summed E-state index contributed by atoms with van der Waals surface area (Å²) in [7, 11) is -3.67. The first kappa shape index (κ1) is 14.8. The molecule has 0 saturated carbocycles. The Morgan fingerprint density at radius 3 is 2.65 bits per heavy atom. The van der Waals surface area contributed by atoms with Crippen LogP contribution in [-0.4, -0.2) is 22.4 Å². The Kier molecular flexibility index (Phi) is 4.46. The van der Waals surface area contributed by atoms with Crippen LogP contribution in [0.2, 0.25) is 0 Å². The third kappa shape index (κ3) is 2.93. The van der Waals surface area contributed by atoms with Gasteiger partial charge in [-0.15, -0.1) is 0 Å². The van der Waals surface area contributed by atoms with Crippen LogP contribution >= 0.6 is 27.5 Å². The largest absolute Gasteiger partial charge is 0.399 e. The molecule has 1 aromatic carbocycles. The topological polar surface area (TPSA) is 80.4 Å². The molecule has 7 heteroatoms. The van der Waals surface area contributed by atoms with Crippen LogP contribution in [0.1, 0.15) is 18.6 Å². The minimum Gasteiger partial charge on any atom is -0.399 e. The van der Waals surface area contributed by atoms with Gasteiger partial charge in [-0.05, 0) is 33.6 Å². The maximum absolute atomic E-state index is 11.8. The molecular formula is C10H13BrClNO3S. The number of sulfone groups is 1. The zero-order chi connectivity index (χ0) is 13.3. The van der Waals surface area contributed by atoms with Crippen molar-refractivity contribution in [1.29, 1.82) is 0 Å². The van der Waals surface area contributed by atoms with Crippen LogP contribution in [0.4, 0.5) is 5.69 Å². The molecule has 0 aliphatic heterocycles. The Balaban J connectivity index is 3.17. The van der Waals surface area contributed by atoms with Crippen molar-refractivity contribution in [2.24, 2.45) is 0 Å². The Labute approximate surface area is 114 Å². The van der Waals surface area contributed by atoms with Gasteiger partial charge in [0.15, 0.2) is 9.84 Å². The van der Waals surface area contributed by atoms with E-state index >= 15 is 0 Å². The lowest BCUT2D eigenvalue weighted by atomic mass is 10.1. The predicted octanol–water partition coefficient (Wildman–Crippen LogP) is 2.02. The zero-order valence-electron chi connectivity index (χ0n) is 9.10. The van der Waals surface area contributed by atoms with Gasteiger partial charge in [-0.2, -0.15) is 0 Å². The molecule has 0 aliphatic rings. The fraction of sp³-hybridized carbons (Fsp3) is 0.400. The number of alkyl halides is 2. The summed E-state index contributed by atoms with van der Waals surface area (Å²) in [5.74, 6) is -0.179. The van der Waals surface area contributed by atoms with Crippen molar-refractivity contribution in [3.05, 3.63) is 29.8 Å². The first-order valence-corrected chi connectivity index (χ1v) is 7.68. The smallest absolute Gasteiger partial charge is 0.229 e. The molecule has 0 aromatic heterocycles. The Bertz CT molecular complexity index is 504. The summed E-state index contributed by atoms with van der Waals surface area (Å²) in [6, 6.07) is 6.29. The van der Waals surface area contributed by atoms with E-state index in [2.05, 4.69) is 15.9 Å². The van der Waals surface area contributed by atoms with E-state index in [4.69, 9.17) is 17.3 Å². The lowest BCUT2D eigenvalue weighted by Gasteiger charge is -2.25. The molecule has 3 N–H and O–H groups in total. The van der Waals surface area contributed by atoms with E-state index in [1.165, 1.54) is 13.0 Å². The Morgan fingerprint density at radius 2 is 2.18 bits per heavy atom. The summed E-state index contributed by atoms with van der Waals surface area (Å²) >= 11 is 8.78. The number of hydrogen-bond acceptors (Lipinski definition) is 4. The third-order valence-electron chi connectivity index (χ3n) is 2.34. The number of aliphatic hydroxyl groups is 1. The van der Waals surface area contributed by atoms with Gasteiger partial charge in [-0.1, -0.05) is 30.7 Å². The van der Waals surface area contributed by atoms with E-state index in [9.17, 15) is 13.5 Å². The van der Waals surface area contributed by atoms with Crippen molar-refractivity contribution < 1.29 is 13.5 Å². The number of nitrogen functional groups attached to an aromatic ring is 1. The lowest BCUT2D eigenvalue weighted by molar-refractivity contribution is 0.185.